The van der Waals surface area contributed by atoms with Crippen LogP contribution in [0.4, 0.5) is 0 Å². The molecule has 4 nitrogen and oxygen atoms in total. The zero-order valence-electron chi connectivity index (χ0n) is 20.5. The Morgan fingerprint density at radius 2 is 1.71 bits per heavy atom. The summed E-state index contributed by atoms with van der Waals surface area (Å²) >= 11 is 1.65. The molecule has 1 amide bonds. The highest BCUT2D eigenvalue weighted by Crippen LogP contribution is 2.28. The summed E-state index contributed by atoms with van der Waals surface area (Å²) in [7, 11) is 0. The van der Waals surface area contributed by atoms with Crippen molar-refractivity contribution in [3.63, 3.8) is 0 Å². The third-order valence-corrected chi connectivity index (χ3v) is 8.21. The average molecular weight is 489 g/mol. The lowest BCUT2D eigenvalue weighted by Crippen LogP contribution is -2.42. The van der Waals surface area contributed by atoms with Crippen molar-refractivity contribution in [3.05, 3.63) is 88.1 Å². The largest absolute Gasteiger partial charge is 0.493 e. The van der Waals surface area contributed by atoms with Gasteiger partial charge in [0, 0.05) is 25.6 Å². The Bertz CT molecular complexity index is 1040. The van der Waals surface area contributed by atoms with Gasteiger partial charge in [-0.25, -0.2) is 0 Å². The predicted octanol–water partition coefficient (Wildman–Crippen LogP) is 5.99. The topological polar surface area (TPSA) is 32.8 Å². The molecular weight excluding hydrogens is 452 g/mol. The Morgan fingerprint density at radius 3 is 2.46 bits per heavy atom. The maximum atomic E-state index is 12.7. The van der Waals surface area contributed by atoms with Crippen LogP contribution in [0, 0.1) is 5.92 Å². The Kier molecular flexibility index (Phi) is 8.17. The van der Waals surface area contributed by atoms with Crippen molar-refractivity contribution in [3.8, 4) is 5.75 Å². The molecule has 2 aromatic carbocycles. The Hall–Kier alpha value is -2.63. The summed E-state index contributed by atoms with van der Waals surface area (Å²) in [5.74, 6) is 2.27. The van der Waals surface area contributed by atoms with E-state index in [-0.39, 0.29) is 5.91 Å². The minimum Gasteiger partial charge on any atom is -0.493 e. The van der Waals surface area contributed by atoms with Gasteiger partial charge in [0.15, 0.2) is 0 Å². The highest BCUT2D eigenvalue weighted by Gasteiger charge is 2.24. The second kappa shape index (κ2) is 11.9. The van der Waals surface area contributed by atoms with Crippen LogP contribution in [0.1, 0.15) is 48.3 Å². The quantitative estimate of drug-likeness (QED) is 0.391. The van der Waals surface area contributed by atoms with E-state index in [4.69, 9.17) is 4.74 Å². The molecule has 3 aromatic rings. The molecular formula is C30H36N2O2S. The molecule has 1 atom stereocenters. The van der Waals surface area contributed by atoms with E-state index in [9.17, 15) is 4.79 Å². The van der Waals surface area contributed by atoms with Crippen molar-refractivity contribution >= 4 is 17.2 Å². The molecule has 0 N–H and O–H groups in total. The molecule has 0 unspecified atom stereocenters. The first kappa shape index (κ1) is 24.1. The maximum Gasteiger partial charge on any atom is 0.227 e. The summed E-state index contributed by atoms with van der Waals surface area (Å²) in [5.41, 5.74) is 3.96. The van der Waals surface area contributed by atoms with Gasteiger partial charge in [-0.15, -0.1) is 0 Å². The molecule has 0 saturated carbocycles. The van der Waals surface area contributed by atoms with Crippen LogP contribution >= 0.6 is 11.3 Å². The Morgan fingerprint density at radius 1 is 0.914 bits per heavy atom. The minimum absolute atomic E-state index is 0.241. The number of carbonyl (C=O) groups is 1. The van der Waals surface area contributed by atoms with Crippen LogP contribution in [0.25, 0.3) is 0 Å². The van der Waals surface area contributed by atoms with E-state index >= 15 is 0 Å². The lowest BCUT2D eigenvalue weighted by Gasteiger charge is -2.33. The van der Waals surface area contributed by atoms with Crippen LogP contribution < -0.4 is 4.74 Å². The smallest absolute Gasteiger partial charge is 0.227 e. The molecule has 1 aromatic heterocycles. The third-order valence-electron chi connectivity index (χ3n) is 7.48. The second-order valence-corrected chi connectivity index (χ2v) is 10.9. The standard InChI is InChI=1S/C30H36N2O2S/c33-30(19-25-14-18-35-23-25)32-15-4-5-26(21-32)22-34-29-10-8-24(9-11-29)20-31-16-12-28(13-17-31)27-6-2-1-3-7-27/h1-3,6-11,14,18,23,26,28H,4-5,12-13,15-17,19-22H2/t26-/m1/s1. The molecule has 0 aliphatic carbocycles. The molecule has 5 heteroatoms. The number of carbonyl (C=O) groups excluding carboxylic acids is 1. The SMILES string of the molecule is O=C(Cc1ccsc1)N1CCC[C@@H](COc2ccc(CN3CCC(c4ccccc4)CC3)cc2)C1. The van der Waals surface area contributed by atoms with E-state index in [1.54, 1.807) is 11.3 Å². The first-order chi connectivity index (χ1) is 17.2. The molecule has 0 radical (unpaired) electrons. The summed E-state index contributed by atoms with van der Waals surface area (Å²) < 4.78 is 6.14. The summed E-state index contributed by atoms with van der Waals surface area (Å²) in [4.78, 5) is 17.3. The first-order valence-electron chi connectivity index (χ1n) is 13.0. The molecule has 2 saturated heterocycles. The molecule has 0 spiro atoms. The minimum atomic E-state index is 0.241. The fourth-order valence-corrected chi connectivity index (χ4v) is 6.09. The Labute approximate surface area is 213 Å². The van der Waals surface area contributed by atoms with Crippen LogP contribution in [0.3, 0.4) is 0 Å². The van der Waals surface area contributed by atoms with Crippen molar-refractivity contribution in [2.75, 3.05) is 32.8 Å². The molecule has 35 heavy (non-hydrogen) atoms. The number of thiophene rings is 1. The summed E-state index contributed by atoms with van der Waals surface area (Å²) in [6.07, 6.45) is 5.17. The van der Waals surface area contributed by atoms with Crippen LogP contribution in [0.5, 0.6) is 5.75 Å². The summed E-state index contributed by atoms with van der Waals surface area (Å²) in [6, 6.07) is 21.6. The second-order valence-electron chi connectivity index (χ2n) is 10.1. The highest BCUT2D eigenvalue weighted by atomic mass is 32.1. The summed E-state index contributed by atoms with van der Waals surface area (Å²) in [6.45, 7) is 5.67. The zero-order chi connectivity index (χ0) is 23.9. The van der Waals surface area contributed by atoms with Crippen molar-refractivity contribution in [2.24, 2.45) is 5.92 Å². The third kappa shape index (κ3) is 6.74. The number of ether oxygens (including phenoxy) is 1. The maximum absolute atomic E-state index is 12.7. The zero-order valence-corrected chi connectivity index (χ0v) is 21.3. The van der Waals surface area contributed by atoms with Crippen molar-refractivity contribution in [2.45, 2.75) is 44.6 Å². The lowest BCUT2D eigenvalue weighted by molar-refractivity contribution is -0.132. The van der Waals surface area contributed by atoms with Gasteiger partial charge < -0.3 is 9.64 Å². The number of likely N-dealkylation sites (tertiary alicyclic amines) is 2. The predicted molar refractivity (Wildman–Crippen MR) is 143 cm³/mol. The first-order valence-corrected chi connectivity index (χ1v) is 13.9. The monoisotopic (exact) mass is 488 g/mol. The van der Waals surface area contributed by atoms with Gasteiger partial charge in [-0.2, -0.15) is 11.3 Å². The van der Waals surface area contributed by atoms with Gasteiger partial charge in [0.1, 0.15) is 5.75 Å². The fourth-order valence-electron chi connectivity index (χ4n) is 5.42. The van der Waals surface area contributed by atoms with E-state index in [0.29, 0.717) is 24.9 Å². The fraction of sp³-hybridized carbons (Fsp3) is 0.433. The van der Waals surface area contributed by atoms with Gasteiger partial charge in [-0.05, 0) is 90.3 Å². The number of hydrogen-bond acceptors (Lipinski definition) is 4. The normalized spacial score (nSPS) is 19.5. The van der Waals surface area contributed by atoms with Gasteiger partial charge in [0.25, 0.3) is 0 Å². The number of piperidine rings is 2. The number of rotatable bonds is 8. The lowest BCUT2D eigenvalue weighted by atomic mass is 9.89. The molecule has 0 bridgehead atoms. The molecule has 2 fully saturated rings. The van der Waals surface area contributed by atoms with Crippen LogP contribution in [-0.4, -0.2) is 48.5 Å². The van der Waals surface area contributed by atoms with E-state index in [1.807, 2.05) is 16.3 Å². The van der Waals surface area contributed by atoms with Gasteiger partial charge in [-0.3, -0.25) is 9.69 Å². The summed E-state index contributed by atoms with van der Waals surface area (Å²) in [5, 5.41) is 4.10. The molecule has 5 rings (SSSR count). The molecule has 184 valence electrons. The van der Waals surface area contributed by atoms with Gasteiger partial charge in [-0.1, -0.05) is 42.5 Å². The Balaban J connectivity index is 1.04. The van der Waals surface area contributed by atoms with Crippen molar-refractivity contribution in [1.82, 2.24) is 9.80 Å². The van der Waals surface area contributed by atoms with E-state index < -0.39 is 0 Å². The highest BCUT2D eigenvalue weighted by molar-refractivity contribution is 7.08. The number of hydrogen-bond donors (Lipinski definition) is 0. The molecule has 2 aliphatic heterocycles. The van der Waals surface area contributed by atoms with E-state index in [0.717, 1.165) is 56.9 Å². The van der Waals surface area contributed by atoms with E-state index in [1.165, 1.54) is 24.0 Å². The number of benzene rings is 2. The van der Waals surface area contributed by atoms with Crippen LogP contribution in [-0.2, 0) is 17.8 Å². The number of amides is 1. The van der Waals surface area contributed by atoms with Gasteiger partial charge in [0.2, 0.25) is 5.91 Å². The number of nitrogens with zero attached hydrogens (tertiary/aromatic N) is 2. The van der Waals surface area contributed by atoms with Crippen molar-refractivity contribution < 1.29 is 9.53 Å². The van der Waals surface area contributed by atoms with Crippen molar-refractivity contribution in [1.29, 1.82) is 0 Å². The molecule has 2 aliphatic rings. The van der Waals surface area contributed by atoms with E-state index in [2.05, 4.69) is 64.9 Å². The van der Waals surface area contributed by atoms with Gasteiger partial charge in [0.05, 0.1) is 13.0 Å². The molecule has 3 heterocycles. The van der Waals surface area contributed by atoms with Crippen LogP contribution in [0.2, 0.25) is 0 Å². The van der Waals surface area contributed by atoms with Gasteiger partial charge >= 0.3 is 0 Å². The average Bonchev–Trinajstić information content (AvgIpc) is 3.42. The van der Waals surface area contributed by atoms with Crippen LogP contribution in [0.15, 0.2) is 71.4 Å².